The second-order valence-corrected chi connectivity index (χ2v) is 11.2. The highest BCUT2D eigenvalue weighted by molar-refractivity contribution is 7.92. The van der Waals surface area contributed by atoms with E-state index in [1.165, 1.54) is 30.3 Å². The molecule has 0 unspecified atom stereocenters. The summed E-state index contributed by atoms with van der Waals surface area (Å²) in [5, 5.41) is 1.96. The van der Waals surface area contributed by atoms with Crippen LogP contribution in [0.2, 0.25) is 5.02 Å². The number of piperidine rings is 1. The highest BCUT2D eigenvalue weighted by Crippen LogP contribution is 2.38. The Morgan fingerprint density at radius 1 is 0.923 bits per heavy atom. The summed E-state index contributed by atoms with van der Waals surface area (Å²) in [5.74, 6) is -1.12. The summed E-state index contributed by atoms with van der Waals surface area (Å²) >= 11 is 5.74. The summed E-state index contributed by atoms with van der Waals surface area (Å²) in [6.45, 7) is 0.313. The molecule has 0 saturated carbocycles. The molecule has 39 heavy (non-hydrogen) atoms. The van der Waals surface area contributed by atoms with E-state index >= 15 is 0 Å². The van der Waals surface area contributed by atoms with Gasteiger partial charge in [-0.15, -0.1) is 0 Å². The molecule has 1 N–H and O–H groups in total. The van der Waals surface area contributed by atoms with Crippen molar-refractivity contribution in [2.45, 2.75) is 30.3 Å². The van der Waals surface area contributed by atoms with Crippen LogP contribution >= 0.6 is 11.6 Å². The molecule has 2 amide bonds. The van der Waals surface area contributed by atoms with Gasteiger partial charge in [0, 0.05) is 13.1 Å². The molecule has 0 aliphatic carbocycles. The van der Waals surface area contributed by atoms with Crippen molar-refractivity contribution in [3.8, 4) is 0 Å². The summed E-state index contributed by atoms with van der Waals surface area (Å²) < 4.78 is 68.3. The summed E-state index contributed by atoms with van der Waals surface area (Å²) in [6, 6.07) is 16.0. The van der Waals surface area contributed by atoms with Crippen LogP contribution in [0, 0.1) is 0 Å². The molecule has 4 rings (SSSR count). The number of nitrogens with zero attached hydrogens (tertiary/aromatic N) is 2. The van der Waals surface area contributed by atoms with E-state index in [1.54, 1.807) is 29.2 Å². The maximum atomic E-state index is 13.6. The molecule has 3 aromatic carbocycles. The van der Waals surface area contributed by atoms with Gasteiger partial charge in [-0.3, -0.25) is 13.9 Å². The third-order valence-electron chi connectivity index (χ3n) is 6.24. The minimum atomic E-state index is -4.86. The molecule has 0 bridgehead atoms. The van der Waals surface area contributed by atoms with Crippen LogP contribution < -0.4 is 9.62 Å². The van der Waals surface area contributed by atoms with Crippen molar-refractivity contribution >= 4 is 44.8 Å². The molecule has 3 aromatic rings. The Kier molecular flexibility index (Phi) is 8.51. The third kappa shape index (κ3) is 6.54. The minimum absolute atomic E-state index is 0.169. The number of hydrogen-bond donors (Lipinski definition) is 1. The quantitative estimate of drug-likeness (QED) is 0.382. The summed E-state index contributed by atoms with van der Waals surface area (Å²) in [4.78, 5) is 27.8. The molecule has 206 valence electrons. The summed E-state index contributed by atoms with van der Waals surface area (Å²) in [7, 11) is -4.47. The first kappa shape index (κ1) is 28.4. The number of amides is 2. The Hall–Kier alpha value is -3.57. The van der Waals surface area contributed by atoms with Crippen molar-refractivity contribution in [2.24, 2.45) is 0 Å². The molecule has 1 aliphatic rings. The third-order valence-corrected chi connectivity index (χ3v) is 8.35. The van der Waals surface area contributed by atoms with Crippen LogP contribution in [0.4, 0.5) is 24.5 Å². The van der Waals surface area contributed by atoms with E-state index < -0.39 is 44.9 Å². The Balaban J connectivity index is 1.67. The number of anilines is 2. The molecular weight excluding hydrogens is 555 g/mol. The van der Waals surface area contributed by atoms with Crippen LogP contribution in [0.15, 0.2) is 77.7 Å². The second kappa shape index (κ2) is 11.7. The molecule has 1 aliphatic heterocycles. The molecular formula is C27H25ClF3N3O4S. The van der Waals surface area contributed by atoms with Crippen LogP contribution in [0.25, 0.3) is 0 Å². The maximum Gasteiger partial charge on any atom is 0.417 e. The van der Waals surface area contributed by atoms with Crippen molar-refractivity contribution in [1.29, 1.82) is 0 Å². The number of sulfonamides is 1. The number of para-hydroxylation sites is 1. The lowest BCUT2D eigenvalue weighted by Crippen LogP contribution is -2.39. The van der Waals surface area contributed by atoms with Crippen LogP contribution in [-0.2, 0) is 21.0 Å². The Labute approximate surface area is 229 Å². The van der Waals surface area contributed by atoms with Gasteiger partial charge in [-0.05, 0) is 61.7 Å². The standard InChI is InChI=1S/C27H25ClF3N3O4S/c28-23-14-13-19(17-22(23)27(29,30)31)34(39(37,38)20-9-3-1-4-10-20)18-25(35)32-24-12-6-5-11-21(24)26(36)33-15-7-2-8-16-33/h1,3-6,9-14,17H,2,7-8,15-16,18H2,(H,32,35). The first-order valence-corrected chi connectivity index (χ1v) is 13.9. The zero-order chi connectivity index (χ0) is 28.2. The molecule has 0 atom stereocenters. The number of alkyl halides is 3. The van der Waals surface area contributed by atoms with Gasteiger partial charge in [0.05, 0.1) is 32.4 Å². The Morgan fingerprint density at radius 3 is 2.23 bits per heavy atom. The molecule has 1 fully saturated rings. The lowest BCUT2D eigenvalue weighted by molar-refractivity contribution is -0.137. The van der Waals surface area contributed by atoms with Crippen molar-refractivity contribution in [1.82, 2.24) is 4.90 Å². The zero-order valence-electron chi connectivity index (χ0n) is 20.6. The van der Waals surface area contributed by atoms with Crippen molar-refractivity contribution in [3.05, 3.63) is 88.9 Å². The van der Waals surface area contributed by atoms with Gasteiger partial charge < -0.3 is 10.2 Å². The van der Waals surface area contributed by atoms with Gasteiger partial charge >= 0.3 is 6.18 Å². The number of halogens is 4. The SMILES string of the molecule is O=C(CN(c1ccc(Cl)c(C(F)(F)F)c1)S(=O)(=O)c1ccccc1)Nc1ccccc1C(=O)N1CCCCC1. The molecule has 0 aromatic heterocycles. The van der Waals surface area contributed by atoms with Gasteiger partial charge in [-0.1, -0.05) is 41.9 Å². The first-order valence-electron chi connectivity index (χ1n) is 12.1. The summed E-state index contributed by atoms with van der Waals surface area (Å²) in [6.07, 6.45) is -2.10. The maximum absolute atomic E-state index is 13.6. The average Bonchev–Trinajstić information content (AvgIpc) is 2.92. The largest absolute Gasteiger partial charge is 0.417 e. The molecule has 1 saturated heterocycles. The normalized spacial score (nSPS) is 14.1. The smallest absolute Gasteiger partial charge is 0.339 e. The van der Waals surface area contributed by atoms with Crippen molar-refractivity contribution in [2.75, 3.05) is 29.3 Å². The number of carbonyl (C=O) groups is 2. The number of carbonyl (C=O) groups excluding carboxylic acids is 2. The molecule has 1 heterocycles. The van der Waals surface area contributed by atoms with E-state index in [0.29, 0.717) is 23.5 Å². The number of likely N-dealkylation sites (tertiary alicyclic amines) is 1. The van der Waals surface area contributed by atoms with E-state index in [9.17, 15) is 31.2 Å². The van der Waals surface area contributed by atoms with Crippen LogP contribution in [-0.4, -0.2) is 44.8 Å². The fraction of sp³-hybridized carbons (Fsp3) is 0.259. The number of nitrogens with one attached hydrogen (secondary N) is 1. The minimum Gasteiger partial charge on any atom is -0.339 e. The lowest BCUT2D eigenvalue weighted by Gasteiger charge is -2.28. The van der Waals surface area contributed by atoms with Gasteiger partial charge in [-0.25, -0.2) is 8.42 Å². The number of benzene rings is 3. The monoisotopic (exact) mass is 579 g/mol. The number of rotatable bonds is 7. The van der Waals surface area contributed by atoms with Crippen LogP contribution in [0.1, 0.15) is 35.2 Å². The molecule has 0 radical (unpaired) electrons. The Morgan fingerprint density at radius 2 is 1.56 bits per heavy atom. The predicted octanol–water partition coefficient (Wildman–Crippen LogP) is 5.82. The Bertz CT molecular complexity index is 1460. The predicted molar refractivity (Wildman–Crippen MR) is 142 cm³/mol. The summed E-state index contributed by atoms with van der Waals surface area (Å²) in [5.41, 5.74) is -1.24. The molecule has 7 nitrogen and oxygen atoms in total. The van der Waals surface area contributed by atoms with Gasteiger partial charge in [-0.2, -0.15) is 13.2 Å². The van der Waals surface area contributed by atoms with Gasteiger partial charge in [0.25, 0.3) is 15.9 Å². The highest BCUT2D eigenvalue weighted by atomic mass is 35.5. The molecule has 0 spiro atoms. The highest BCUT2D eigenvalue weighted by Gasteiger charge is 2.35. The van der Waals surface area contributed by atoms with Crippen LogP contribution in [0.5, 0.6) is 0 Å². The van der Waals surface area contributed by atoms with Gasteiger partial charge in [0.1, 0.15) is 6.54 Å². The van der Waals surface area contributed by atoms with Gasteiger partial charge in [0.2, 0.25) is 5.91 Å². The van der Waals surface area contributed by atoms with E-state index in [4.69, 9.17) is 11.6 Å². The lowest BCUT2D eigenvalue weighted by atomic mass is 10.1. The average molecular weight is 580 g/mol. The van der Waals surface area contributed by atoms with Crippen LogP contribution in [0.3, 0.4) is 0 Å². The van der Waals surface area contributed by atoms with Crippen molar-refractivity contribution in [3.63, 3.8) is 0 Å². The van der Waals surface area contributed by atoms with E-state index in [0.717, 1.165) is 31.4 Å². The fourth-order valence-electron chi connectivity index (χ4n) is 4.29. The van der Waals surface area contributed by atoms with E-state index in [-0.39, 0.29) is 22.1 Å². The van der Waals surface area contributed by atoms with Gasteiger partial charge in [0.15, 0.2) is 0 Å². The van der Waals surface area contributed by atoms with Crippen molar-refractivity contribution < 1.29 is 31.2 Å². The molecule has 12 heteroatoms. The fourth-order valence-corrected chi connectivity index (χ4v) is 5.95. The van der Waals surface area contributed by atoms with E-state index in [2.05, 4.69) is 5.32 Å². The topological polar surface area (TPSA) is 86.8 Å². The zero-order valence-corrected chi connectivity index (χ0v) is 22.2. The first-order chi connectivity index (χ1) is 18.5. The number of hydrogen-bond acceptors (Lipinski definition) is 4. The second-order valence-electron chi connectivity index (χ2n) is 8.93. The van der Waals surface area contributed by atoms with E-state index in [1.807, 2.05) is 0 Å².